The molecule has 5 nitrogen and oxygen atoms in total. The predicted octanol–water partition coefficient (Wildman–Crippen LogP) is 1.77. The number of primary amides is 1. The van der Waals surface area contributed by atoms with Gasteiger partial charge in [-0.05, 0) is 30.2 Å². The van der Waals surface area contributed by atoms with E-state index in [4.69, 9.17) is 5.73 Å². The molecule has 0 aromatic heterocycles. The van der Waals surface area contributed by atoms with E-state index in [1.54, 1.807) is 30.3 Å². The lowest BCUT2D eigenvalue weighted by atomic mass is 9.90. The molecule has 0 bridgehead atoms. The molecule has 2 aromatic carbocycles. The zero-order valence-corrected chi connectivity index (χ0v) is 13.2. The van der Waals surface area contributed by atoms with Crippen molar-refractivity contribution in [3.05, 3.63) is 71.5 Å². The van der Waals surface area contributed by atoms with Crippen molar-refractivity contribution >= 4 is 11.8 Å². The van der Waals surface area contributed by atoms with Gasteiger partial charge in [-0.15, -0.1) is 0 Å². The highest BCUT2D eigenvalue weighted by atomic mass is 19.1. The van der Waals surface area contributed by atoms with E-state index in [0.717, 1.165) is 6.07 Å². The van der Waals surface area contributed by atoms with Gasteiger partial charge >= 0.3 is 0 Å². The minimum atomic E-state index is -1.40. The first-order valence-electron chi connectivity index (χ1n) is 7.43. The normalized spacial score (nSPS) is 14.5. The van der Waals surface area contributed by atoms with Gasteiger partial charge in [0, 0.05) is 0 Å². The van der Waals surface area contributed by atoms with Crippen LogP contribution in [0.3, 0.4) is 0 Å². The third-order valence-corrected chi connectivity index (χ3v) is 3.85. The maximum Gasteiger partial charge on any atom is 0.247 e. The number of amides is 2. The molecule has 126 valence electrons. The van der Waals surface area contributed by atoms with Crippen LogP contribution < -0.4 is 11.1 Å². The topological polar surface area (TPSA) is 92.4 Å². The largest absolute Gasteiger partial charge is 0.388 e. The summed E-state index contributed by atoms with van der Waals surface area (Å²) in [5.41, 5.74) is 4.86. The lowest BCUT2D eigenvalue weighted by molar-refractivity contribution is -0.132. The van der Waals surface area contributed by atoms with Crippen LogP contribution in [-0.4, -0.2) is 16.9 Å². The Kier molecular flexibility index (Phi) is 5.31. The number of hydrogen-bond donors (Lipinski definition) is 3. The molecule has 0 heterocycles. The van der Waals surface area contributed by atoms with Crippen LogP contribution in [0.25, 0.3) is 0 Å². The minimum Gasteiger partial charge on any atom is -0.388 e. The fourth-order valence-electron chi connectivity index (χ4n) is 2.38. The standard InChI is InChI=1S/C18H19FN2O3/c1-18(17(20)24,13-7-3-2-4-8-13)21-16(23)11-15(22)12-6-5-9-14(19)10-12/h2-10,15,22H,11H2,1H3,(H2,20,24)(H,21,23). The average Bonchev–Trinajstić information content (AvgIpc) is 2.55. The van der Waals surface area contributed by atoms with Crippen molar-refractivity contribution in [2.24, 2.45) is 5.73 Å². The fourth-order valence-corrected chi connectivity index (χ4v) is 2.38. The summed E-state index contributed by atoms with van der Waals surface area (Å²) in [5.74, 6) is -1.79. The van der Waals surface area contributed by atoms with Crippen LogP contribution in [0.2, 0.25) is 0 Å². The summed E-state index contributed by atoms with van der Waals surface area (Å²) >= 11 is 0. The first kappa shape index (κ1) is 17.6. The van der Waals surface area contributed by atoms with Gasteiger partial charge in [-0.1, -0.05) is 42.5 Å². The summed E-state index contributed by atoms with van der Waals surface area (Å²) in [4.78, 5) is 24.1. The molecule has 2 amide bonds. The molecule has 6 heteroatoms. The number of benzene rings is 2. The molecule has 0 radical (unpaired) electrons. The van der Waals surface area contributed by atoms with Crippen LogP contribution >= 0.6 is 0 Å². The van der Waals surface area contributed by atoms with Crippen LogP contribution in [0.15, 0.2) is 54.6 Å². The summed E-state index contributed by atoms with van der Waals surface area (Å²) in [7, 11) is 0. The highest BCUT2D eigenvalue weighted by Crippen LogP contribution is 2.22. The number of hydrogen-bond acceptors (Lipinski definition) is 3. The third kappa shape index (κ3) is 3.97. The molecule has 0 aliphatic heterocycles. The molecule has 0 spiro atoms. The number of nitrogens with two attached hydrogens (primary N) is 1. The maximum atomic E-state index is 13.2. The first-order valence-corrected chi connectivity index (χ1v) is 7.43. The Morgan fingerprint density at radius 3 is 2.46 bits per heavy atom. The van der Waals surface area contributed by atoms with E-state index in [1.165, 1.54) is 25.1 Å². The van der Waals surface area contributed by atoms with E-state index in [9.17, 15) is 19.1 Å². The zero-order chi connectivity index (χ0) is 17.7. The Labute approximate surface area is 139 Å². The van der Waals surface area contributed by atoms with Crippen molar-refractivity contribution in [3.63, 3.8) is 0 Å². The predicted molar refractivity (Wildman–Crippen MR) is 87.1 cm³/mol. The van der Waals surface area contributed by atoms with Gasteiger partial charge in [-0.2, -0.15) is 0 Å². The van der Waals surface area contributed by atoms with Gasteiger partial charge in [-0.25, -0.2) is 4.39 Å². The summed E-state index contributed by atoms with van der Waals surface area (Å²) in [5, 5.41) is 12.6. The summed E-state index contributed by atoms with van der Waals surface area (Å²) in [6.45, 7) is 1.50. The summed E-state index contributed by atoms with van der Waals surface area (Å²) in [6.07, 6.45) is -1.51. The molecule has 2 unspecified atom stereocenters. The molecule has 0 aliphatic carbocycles. The van der Waals surface area contributed by atoms with Gasteiger partial charge < -0.3 is 16.2 Å². The monoisotopic (exact) mass is 330 g/mol. The number of halogens is 1. The number of carbonyl (C=O) groups is 2. The zero-order valence-electron chi connectivity index (χ0n) is 13.2. The van der Waals surface area contributed by atoms with Crippen LogP contribution in [0.5, 0.6) is 0 Å². The van der Waals surface area contributed by atoms with Crippen LogP contribution in [0, 0.1) is 5.82 Å². The summed E-state index contributed by atoms with van der Waals surface area (Å²) in [6, 6.07) is 13.9. The Balaban J connectivity index is 2.13. The molecular weight excluding hydrogens is 311 g/mol. The van der Waals surface area contributed by atoms with E-state index >= 15 is 0 Å². The lowest BCUT2D eigenvalue weighted by Gasteiger charge is -2.28. The van der Waals surface area contributed by atoms with E-state index < -0.39 is 29.3 Å². The molecule has 4 N–H and O–H groups in total. The molecule has 0 saturated carbocycles. The summed E-state index contributed by atoms with van der Waals surface area (Å²) < 4.78 is 13.2. The minimum absolute atomic E-state index is 0.283. The number of aliphatic hydroxyl groups is 1. The molecule has 2 aromatic rings. The van der Waals surface area contributed by atoms with Crippen molar-refractivity contribution in [2.45, 2.75) is 25.0 Å². The van der Waals surface area contributed by atoms with Gasteiger partial charge in [0.15, 0.2) is 0 Å². The highest BCUT2D eigenvalue weighted by molar-refractivity contribution is 5.91. The van der Waals surface area contributed by atoms with Gasteiger partial charge in [-0.3, -0.25) is 9.59 Å². The van der Waals surface area contributed by atoms with Gasteiger partial charge in [0.2, 0.25) is 11.8 Å². The molecule has 0 aliphatic rings. The SMILES string of the molecule is CC(NC(=O)CC(O)c1cccc(F)c1)(C(N)=O)c1ccccc1. The van der Waals surface area contributed by atoms with E-state index in [0.29, 0.717) is 5.56 Å². The maximum absolute atomic E-state index is 13.2. The van der Waals surface area contributed by atoms with Crippen molar-refractivity contribution in [1.29, 1.82) is 0 Å². The number of carbonyl (C=O) groups excluding carboxylic acids is 2. The second-order valence-electron chi connectivity index (χ2n) is 5.68. The number of aliphatic hydroxyl groups excluding tert-OH is 1. The number of nitrogens with one attached hydrogen (secondary N) is 1. The lowest BCUT2D eigenvalue weighted by Crippen LogP contribution is -2.52. The van der Waals surface area contributed by atoms with E-state index in [2.05, 4.69) is 5.32 Å². The van der Waals surface area contributed by atoms with E-state index in [-0.39, 0.29) is 12.0 Å². The quantitative estimate of drug-likeness (QED) is 0.753. The molecule has 2 atom stereocenters. The highest BCUT2D eigenvalue weighted by Gasteiger charge is 2.35. The Bertz CT molecular complexity index is 736. The Morgan fingerprint density at radius 2 is 1.88 bits per heavy atom. The second-order valence-corrected chi connectivity index (χ2v) is 5.68. The van der Waals surface area contributed by atoms with Gasteiger partial charge in [0.05, 0.1) is 12.5 Å². The van der Waals surface area contributed by atoms with Crippen molar-refractivity contribution in [1.82, 2.24) is 5.32 Å². The fraction of sp³-hybridized carbons (Fsp3) is 0.222. The van der Waals surface area contributed by atoms with Crippen LogP contribution in [0.4, 0.5) is 4.39 Å². The van der Waals surface area contributed by atoms with Crippen LogP contribution in [0.1, 0.15) is 30.6 Å². The molecule has 0 fully saturated rings. The van der Waals surface area contributed by atoms with E-state index in [1.807, 2.05) is 0 Å². The smallest absolute Gasteiger partial charge is 0.247 e. The Hall–Kier alpha value is -2.73. The van der Waals surface area contributed by atoms with Crippen molar-refractivity contribution in [3.8, 4) is 0 Å². The average molecular weight is 330 g/mol. The van der Waals surface area contributed by atoms with Gasteiger partial charge in [0.1, 0.15) is 11.4 Å². The van der Waals surface area contributed by atoms with Crippen LogP contribution in [-0.2, 0) is 15.1 Å². The third-order valence-electron chi connectivity index (χ3n) is 3.85. The van der Waals surface area contributed by atoms with Crippen molar-refractivity contribution in [2.75, 3.05) is 0 Å². The first-order chi connectivity index (χ1) is 11.3. The molecular formula is C18H19FN2O3. The van der Waals surface area contributed by atoms with Crippen molar-refractivity contribution < 1.29 is 19.1 Å². The Morgan fingerprint density at radius 1 is 1.21 bits per heavy atom. The number of rotatable bonds is 6. The van der Waals surface area contributed by atoms with Gasteiger partial charge in [0.25, 0.3) is 0 Å². The second kappa shape index (κ2) is 7.23. The molecule has 2 rings (SSSR count). The molecule has 0 saturated heterocycles. The molecule has 24 heavy (non-hydrogen) atoms.